The maximum Gasteiger partial charge on any atom is 0.0346 e. The van der Waals surface area contributed by atoms with Crippen LogP contribution in [0.25, 0.3) is 0 Å². The molecule has 4 saturated carbocycles. The van der Waals surface area contributed by atoms with E-state index in [1.54, 1.807) is 0 Å². The van der Waals surface area contributed by atoms with Gasteiger partial charge in [-0.2, -0.15) is 0 Å². The molecule has 0 unspecified atom stereocenters. The van der Waals surface area contributed by atoms with E-state index in [1.165, 1.54) is 50.5 Å². The van der Waals surface area contributed by atoms with Gasteiger partial charge < -0.3 is 5.73 Å². The summed E-state index contributed by atoms with van der Waals surface area (Å²) in [6.07, 6.45) is 10.3. The second-order valence-electron chi connectivity index (χ2n) is 7.29. The molecule has 0 heterocycles. The first-order chi connectivity index (χ1) is 8.72. The van der Waals surface area contributed by atoms with Crippen molar-refractivity contribution in [2.24, 2.45) is 23.2 Å². The fourth-order valence-corrected chi connectivity index (χ4v) is 5.61. The van der Waals surface area contributed by atoms with Crippen molar-refractivity contribution in [3.8, 4) is 0 Å². The Labute approximate surface area is 122 Å². The van der Waals surface area contributed by atoms with Gasteiger partial charge in [-0.15, -0.1) is 12.4 Å². The minimum Gasteiger partial charge on any atom is -0.399 e. The number of rotatable bonds is 2. The normalized spacial score (nSPS) is 39.1. The first-order valence-corrected chi connectivity index (χ1v) is 7.56. The zero-order valence-corrected chi connectivity index (χ0v) is 12.3. The maximum absolute atomic E-state index is 6.15. The molecule has 4 aliphatic rings. The molecule has 5 rings (SSSR count). The summed E-state index contributed by atoms with van der Waals surface area (Å²) >= 11 is 0. The van der Waals surface area contributed by atoms with E-state index in [0.29, 0.717) is 5.41 Å². The molecule has 1 aromatic carbocycles. The van der Waals surface area contributed by atoms with Crippen LogP contribution < -0.4 is 5.73 Å². The average molecular weight is 278 g/mol. The quantitative estimate of drug-likeness (QED) is 0.794. The molecule has 2 heteroatoms. The van der Waals surface area contributed by atoms with Gasteiger partial charge in [0.25, 0.3) is 0 Å². The summed E-state index contributed by atoms with van der Waals surface area (Å²) in [7, 11) is 0. The molecule has 0 aromatic heterocycles. The van der Waals surface area contributed by atoms with Crippen molar-refractivity contribution in [3.05, 3.63) is 29.8 Å². The molecule has 4 bridgehead atoms. The Kier molecular flexibility index (Phi) is 3.29. The largest absolute Gasteiger partial charge is 0.399 e. The summed E-state index contributed by atoms with van der Waals surface area (Å²) in [6.45, 7) is 0. The maximum atomic E-state index is 6.15. The Hall–Kier alpha value is -0.690. The molecule has 104 valence electrons. The topological polar surface area (TPSA) is 26.0 Å². The van der Waals surface area contributed by atoms with Gasteiger partial charge in [0.2, 0.25) is 0 Å². The van der Waals surface area contributed by atoms with Crippen LogP contribution in [0, 0.1) is 23.2 Å². The molecule has 0 saturated heterocycles. The molecule has 4 aliphatic carbocycles. The zero-order chi connectivity index (χ0) is 12.2. The Balaban J connectivity index is 0.00000110. The van der Waals surface area contributed by atoms with Crippen molar-refractivity contribution >= 4 is 18.1 Å². The molecule has 19 heavy (non-hydrogen) atoms. The van der Waals surface area contributed by atoms with Crippen LogP contribution >= 0.6 is 12.4 Å². The first kappa shape index (κ1) is 13.3. The lowest BCUT2D eigenvalue weighted by atomic mass is 9.48. The van der Waals surface area contributed by atoms with Gasteiger partial charge in [-0.25, -0.2) is 0 Å². The van der Waals surface area contributed by atoms with E-state index in [4.69, 9.17) is 5.73 Å². The molecule has 0 radical (unpaired) electrons. The summed E-state index contributed by atoms with van der Waals surface area (Å²) < 4.78 is 0. The highest BCUT2D eigenvalue weighted by Gasteiger charge is 2.50. The third kappa shape index (κ3) is 2.27. The lowest BCUT2D eigenvalue weighted by Crippen LogP contribution is -2.47. The van der Waals surface area contributed by atoms with Crippen molar-refractivity contribution in [2.45, 2.75) is 44.9 Å². The summed E-state index contributed by atoms with van der Waals surface area (Å²) in [5, 5.41) is 0. The molecule has 0 amide bonds. The van der Waals surface area contributed by atoms with Gasteiger partial charge >= 0.3 is 0 Å². The highest BCUT2D eigenvalue weighted by molar-refractivity contribution is 5.85. The second kappa shape index (κ2) is 4.70. The van der Waals surface area contributed by atoms with E-state index in [1.807, 2.05) is 0 Å². The number of benzene rings is 1. The predicted octanol–water partition coefficient (Wildman–Crippen LogP) is 4.45. The lowest BCUT2D eigenvalue weighted by Gasteiger charge is -2.57. The number of hydrogen-bond acceptors (Lipinski definition) is 1. The number of hydrogen-bond donors (Lipinski definition) is 1. The van der Waals surface area contributed by atoms with Crippen LogP contribution in [0.1, 0.15) is 44.1 Å². The molecule has 2 N–H and O–H groups in total. The van der Waals surface area contributed by atoms with E-state index in [0.717, 1.165) is 23.4 Å². The summed E-state index contributed by atoms with van der Waals surface area (Å²) in [5.74, 6) is 3.13. The Bertz CT molecular complexity index is 433. The summed E-state index contributed by atoms with van der Waals surface area (Å²) in [5.41, 5.74) is 9.18. The van der Waals surface area contributed by atoms with Crippen molar-refractivity contribution in [3.63, 3.8) is 0 Å². The smallest absolute Gasteiger partial charge is 0.0346 e. The van der Waals surface area contributed by atoms with E-state index in [-0.39, 0.29) is 12.4 Å². The number of nitrogens with two attached hydrogens (primary N) is 1. The Morgan fingerprint density at radius 1 is 0.947 bits per heavy atom. The minimum atomic E-state index is 0. The Morgan fingerprint density at radius 2 is 1.47 bits per heavy atom. The average Bonchev–Trinajstić information content (AvgIpc) is 2.30. The van der Waals surface area contributed by atoms with Crippen LogP contribution in [0.15, 0.2) is 24.3 Å². The van der Waals surface area contributed by atoms with Crippen LogP contribution in [0.4, 0.5) is 5.69 Å². The van der Waals surface area contributed by atoms with E-state index >= 15 is 0 Å². The van der Waals surface area contributed by atoms with Crippen molar-refractivity contribution < 1.29 is 0 Å². The van der Waals surface area contributed by atoms with Gasteiger partial charge in [-0.1, -0.05) is 18.2 Å². The first-order valence-electron chi connectivity index (χ1n) is 7.56. The predicted molar refractivity (Wildman–Crippen MR) is 82.4 cm³/mol. The molecule has 0 spiro atoms. The van der Waals surface area contributed by atoms with Crippen molar-refractivity contribution in [2.75, 3.05) is 5.73 Å². The van der Waals surface area contributed by atoms with Crippen molar-refractivity contribution in [1.29, 1.82) is 0 Å². The van der Waals surface area contributed by atoms with Gasteiger partial charge in [0.1, 0.15) is 0 Å². The minimum absolute atomic E-state index is 0. The molecule has 1 aromatic rings. The summed E-state index contributed by atoms with van der Waals surface area (Å²) in [4.78, 5) is 0. The van der Waals surface area contributed by atoms with Crippen LogP contribution in [0.3, 0.4) is 0 Å². The molecule has 4 fully saturated rings. The van der Waals surface area contributed by atoms with Gasteiger partial charge in [-0.3, -0.25) is 0 Å². The number of nitrogen functional groups attached to an aromatic ring is 1. The monoisotopic (exact) mass is 277 g/mol. The Morgan fingerprint density at radius 3 is 2.00 bits per heavy atom. The molecule has 0 atom stereocenters. The molecule has 1 nitrogen and oxygen atoms in total. The van der Waals surface area contributed by atoms with Crippen LogP contribution in [0.2, 0.25) is 0 Å². The fraction of sp³-hybridized carbons (Fsp3) is 0.647. The van der Waals surface area contributed by atoms with Crippen LogP contribution in [-0.2, 0) is 6.42 Å². The molecular formula is C17H24ClN. The number of halogens is 1. The highest BCUT2D eigenvalue weighted by atomic mass is 35.5. The third-order valence-corrected chi connectivity index (χ3v) is 5.79. The highest BCUT2D eigenvalue weighted by Crippen LogP contribution is 2.61. The lowest BCUT2D eigenvalue weighted by molar-refractivity contribution is -0.0521. The van der Waals surface area contributed by atoms with E-state index in [2.05, 4.69) is 24.3 Å². The summed E-state index contributed by atoms with van der Waals surface area (Å²) in [6, 6.07) is 8.51. The van der Waals surface area contributed by atoms with E-state index in [9.17, 15) is 0 Å². The number of para-hydroxylation sites is 1. The number of anilines is 1. The molecular weight excluding hydrogens is 254 g/mol. The van der Waals surface area contributed by atoms with Crippen LogP contribution in [0.5, 0.6) is 0 Å². The van der Waals surface area contributed by atoms with Gasteiger partial charge in [0.15, 0.2) is 0 Å². The van der Waals surface area contributed by atoms with E-state index < -0.39 is 0 Å². The van der Waals surface area contributed by atoms with Gasteiger partial charge in [0.05, 0.1) is 0 Å². The standard InChI is InChI=1S/C17H23N.ClH/c18-16-4-2-1-3-15(16)11-17-8-12-5-13(9-17)7-14(6-12)10-17;/h1-4,12-14H,5-11,18H2;1H. The fourth-order valence-electron chi connectivity index (χ4n) is 5.61. The van der Waals surface area contributed by atoms with Crippen molar-refractivity contribution in [1.82, 2.24) is 0 Å². The third-order valence-electron chi connectivity index (χ3n) is 5.79. The SMILES string of the molecule is Cl.Nc1ccccc1CC12CC3CC(CC(C3)C1)C2. The molecule has 0 aliphatic heterocycles. The second-order valence-corrected chi connectivity index (χ2v) is 7.29. The van der Waals surface area contributed by atoms with Gasteiger partial charge in [0, 0.05) is 5.69 Å². The van der Waals surface area contributed by atoms with Crippen LogP contribution in [-0.4, -0.2) is 0 Å². The zero-order valence-electron chi connectivity index (χ0n) is 11.5. The van der Waals surface area contributed by atoms with Gasteiger partial charge in [-0.05, 0) is 79.7 Å².